The van der Waals surface area contributed by atoms with Gasteiger partial charge < -0.3 is 39.4 Å². The molecule has 6 unspecified atom stereocenters. The van der Waals surface area contributed by atoms with Crippen LogP contribution in [-0.2, 0) is 23.7 Å². The molecule has 0 amide bonds. The molecule has 9 nitrogen and oxygen atoms in total. The summed E-state index contributed by atoms with van der Waals surface area (Å²) < 4.78 is 22.7. The average Bonchev–Trinajstić information content (AvgIpc) is 3.22. The molecule has 1 aliphatic heterocycles. The van der Waals surface area contributed by atoms with Crippen molar-refractivity contribution in [3.8, 4) is 0 Å². The van der Waals surface area contributed by atoms with E-state index in [0.29, 0.717) is 13.0 Å². The van der Waals surface area contributed by atoms with Crippen LogP contribution < -0.4 is 0 Å². The van der Waals surface area contributed by atoms with Gasteiger partial charge in [-0.1, -0.05) is 149 Å². The third-order valence-electron chi connectivity index (χ3n) is 9.20. The Morgan fingerprint density at radius 1 is 0.552 bits per heavy atom. The van der Waals surface area contributed by atoms with Gasteiger partial charge in [-0.15, -0.1) is 0 Å². The molecular formula is C49H78O9. The van der Waals surface area contributed by atoms with Gasteiger partial charge in [-0.25, -0.2) is 0 Å². The lowest BCUT2D eigenvalue weighted by Crippen LogP contribution is -2.59. The number of allylic oxidation sites excluding steroid dienone is 17. The maximum absolute atomic E-state index is 12.8. The van der Waals surface area contributed by atoms with Crippen molar-refractivity contribution in [2.45, 2.75) is 166 Å². The van der Waals surface area contributed by atoms with Gasteiger partial charge in [0.25, 0.3) is 0 Å². The predicted octanol–water partition coefficient (Wildman–Crippen LogP) is 9.80. The summed E-state index contributed by atoms with van der Waals surface area (Å²) in [6, 6.07) is 0. The van der Waals surface area contributed by atoms with Gasteiger partial charge in [0.15, 0.2) is 6.29 Å². The molecule has 9 heteroatoms. The molecule has 1 fully saturated rings. The molecule has 0 radical (unpaired) electrons. The predicted molar refractivity (Wildman–Crippen MR) is 237 cm³/mol. The maximum atomic E-state index is 12.8. The molecular weight excluding hydrogens is 733 g/mol. The van der Waals surface area contributed by atoms with E-state index in [0.717, 1.165) is 103 Å². The molecule has 0 saturated carbocycles. The first kappa shape index (κ1) is 52.9. The third kappa shape index (κ3) is 30.0. The Kier molecular flexibility index (Phi) is 35.8. The van der Waals surface area contributed by atoms with Crippen LogP contribution in [0.5, 0.6) is 0 Å². The number of hydrogen-bond acceptors (Lipinski definition) is 9. The molecule has 6 atom stereocenters. The van der Waals surface area contributed by atoms with E-state index in [1.54, 1.807) is 0 Å². The van der Waals surface area contributed by atoms with E-state index in [2.05, 4.69) is 117 Å². The number of unbranched alkanes of at least 4 members (excludes halogenated alkanes) is 6. The number of rotatable bonds is 35. The topological polar surface area (TPSA) is 135 Å². The van der Waals surface area contributed by atoms with Crippen LogP contribution >= 0.6 is 0 Å². The first-order valence-corrected chi connectivity index (χ1v) is 22.0. The number of carbonyl (C=O) groups excluding carboxylic acids is 1. The van der Waals surface area contributed by atoms with Gasteiger partial charge in [0, 0.05) is 6.42 Å². The summed E-state index contributed by atoms with van der Waals surface area (Å²) >= 11 is 0. The fourth-order valence-corrected chi connectivity index (χ4v) is 5.84. The Morgan fingerprint density at radius 3 is 1.50 bits per heavy atom. The van der Waals surface area contributed by atoms with Crippen molar-refractivity contribution >= 4 is 5.97 Å². The van der Waals surface area contributed by atoms with Gasteiger partial charge in [0.1, 0.15) is 30.5 Å². The Morgan fingerprint density at radius 2 is 1.00 bits per heavy atom. The van der Waals surface area contributed by atoms with Crippen molar-refractivity contribution in [1.82, 2.24) is 0 Å². The fraction of sp³-hybridized carbons (Fsp3) is 0.612. The quantitative estimate of drug-likeness (QED) is 0.0280. The van der Waals surface area contributed by atoms with Gasteiger partial charge in [0.2, 0.25) is 0 Å². The van der Waals surface area contributed by atoms with Crippen LogP contribution in [0.3, 0.4) is 0 Å². The lowest BCUT2D eigenvalue weighted by atomic mass is 9.99. The molecule has 0 bridgehead atoms. The largest absolute Gasteiger partial charge is 0.457 e. The second-order valence-electron chi connectivity index (χ2n) is 14.4. The first-order chi connectivity index (χ1) is 28.4. The van der Waals surface area contributed by atoms with E-state index in [1.165, 1.54) is 0 Å². The minimum atomic E-state index is -1.56. The minimum absolute atomic E-state index is 0.0765. The molecule has 0 spiro atoms. The number of carbonyl (C=O) groups is 1. The lowest BCUT2D eigenvalue weighted by Gasteiger charge is -2.39. The summed E-state index contributed by atoms with van der Waals surface area (Å²) in [5, 5.41) is 40.1. The van der Waals surface area contributed by atoms with Gasteiger partial charge in [-0.2, -0.15) is 0 Å². The Bertz CT molecular complexity index is 1240. The lowest BCUT2D eigenvalue weighted by molar-refractivity contribution is -0.305. The summed E-state index contributed by atoms with van der Waals surface area (Å²) in [6.07, 6.45) is 48.4. The highest BCUT2D eigenvalue weighted by Crippen LogP contribution is 2.22. The van der Waals surface area contributed by atoms with Crippen molar-refractivity contribution in [3.05, 3.63) is 109 Å². The van der Waals surface area contributed by atoms with Crippen LogP contribution in [0.1, 0.15) is 129 Å². The van der Waals surface area contributed by atoms with Crippen LogP contribution in [0, 0.1) is 0 Å². The van der Waals surface area contributed by atoms with Gasteiger partial charge in [0.05, 0.1) is 26.4 Å². The minimum Gasteiger partial charge on any atom is -0.457 e. The SMILES string of the molecule is CC/C=C\C/C=C\C/C=C\C/C=C\C/C=C\CCOCC(COC1OC(CO)C(O)C(O)C1O)OC(=O)CCCCCCCC/C=C\C/C=C\C/C=C\C/C=C\CC. The Balaban J connectivity index is 2.35. The fourth-order valence-electron chi connectivity index (χ4n) is 5.84. The number of aliphatic hydroxyl groups is 4. The zero-order chi connectivity index (χ0) is 42.2. The normalized spacial score (nSPS) is 21.4. The van der Waals surface area contributed by atoms with E-state index in [-0.39, 0.29) is 25.6 Å². The van der Waals surface area contributed by atoms with Crippen molar-refractivity contribution in [3.63, 3.8) is 0 Å². The molecule has 0 aromatic carbocycles. The molecule has 1 aliphatic rings. The summed E-state index contributed by atoms with van der Waals surface area (Å²) in [5.41, 5.74) is 0. The third-order valence-corrected chi connectivity index (χ3v) is 9.20. The second kappa shape index (κ2) is 39.3. The van der Waals surface area contributed by atoms with Crippen molar-refractivity contribution in [1.29, 1.82) is 0 Å². The summed E-state index contributed by atoms with van der Waals surface area (Å²) in [5.74, 6) is -0.358. The van der Waals surface area contributed by atoms with Crippen LogP contribution in [-0.4, -0.2) is 89.6 Å². The van der Waals surface area contributed by atoms with Crippen LogP contribution in [0.4, 0.5) is 0 Å². The monoisotopic (exact) mass is 811 g/mol. The molecule has 4 N–H and O–H groups in total. The Hall–Kier alpha value is -3.15. The van der Waals surface area contributed by atoms with Crippen LogP contribution in [0.15, 0.2) is 109 Å². The summed E-state index contributed by atoms with van der Waals surface area (Å²) in [7, 11) is 0. The number of hydrogen-bond donors (Lipinski definition) is 4. The molecule has 0 aromatic rings. The van der Waals surface area contributed by atoms with E-state index < -0.39 is 43.4 Å². The highest BCUT2D eigenvalue weighted by Gasteiger charge is 2.44. The first-order valence-electron chi connectivity index (χ1n) is 22.0. The van der Waals surface area contributed by atoms with Crippen LogP contribution in [0.25, 0.3) is 0 Å². The van der Waals surface area contributed by atoms with Gasteiger partial charge in [-0.3, -0.25) is 4.79 Å². The molecule has 328 valence electrons. The maximum Gasteiger partial charge on any atom is 0.306 e. The zero-order valence-corrected chi connectivity index (χ0v) is 35.7. The van der Waals surface area contributed by atoms with Crippen LogP contribution in [0.2, 0.25) is 0 Å². The second-order valence-corrected chi connectivity index (χ2v) is 14.4. The van der Waals surface area contributed by atoms with Gasteiger partial charge >= 0.3 is 5.97 Å². The zero-order valence-electron chi connectivity index (χ0n) is 35.7. The average molecular weight is 811 g/mol. The number of aliphatic hydroxyl groups excluding tert-OH is 4. The highest BCUT2D eigenvalue weighted by molar-refractivity contribution is 5.69. The van der Waals surface area contributed by atoms with Crippen molar-refractivity contribution in [2.24, 2.45) is 0 Å². The van der Waals surface area contributed by atoms with Gasteiger partial charge in [-0.05, 0) is 83.5 Å². The van der Waals surface area contributed by atoms with Crippen molar-refractivity contribution in [2.75, 3.05) is 26.4 Å². The summed E-state index contributed by atoms with van der Waals surface area (Å²) in [6.45, 7) is 4.06. The molecule has 58 heavy (non-hydrogen) atoms. The van der Waals surface area contributed by atoms with E-state index >= 15 is 0 Å². The Labute approximate surface area is 351 Å². The molecule has 1 heterocycles. The number of esters is 1. The highest BCUT2D eigenvalue weighted by atomic mass is 16.7. The molecule has 1 saturated heterocycles. The standard InChI is InChI=1S/C49H78O9/c1-3-5-7-9-11-13-15-17-19-21-22-23-24-26-28-30-32-34-36-38-45(51)57-43(42-56-49-48(54)47(53)46(52)44(40-50)58-49)41-55-39-37-35-33-31-29-27-25-20-18-16-14-12-10-8-6-4-2/h5-8,11-14,17-20,22-23,27,29,33,35,43-44,46-50,52-54H,3-4,9-10,15-16,21,24-26,28,30-32,34,36-42H2,1-2H3/b7-5-,8-6-,13-11-,14-12-,19-17-,20-18-,23-22-,29-27-,35-33-. The van der Waals surface area contributed by atoms with E-state index in [1.807, 2.05) is 6.08 Å². The molecule has 0 aliphatic carbocycles. The number of ether oxygens (including phenoxy) is 4. The smallest absolute Gasteiger partial charge is 0.306 e. The van der Waals surface area contributed by atoms with E-state index in [9.17, 15) is 25.2 Å². The van der Waals surface area contributed by atoms with Crippen molar-refractivity contribution < 1.29 is 44.2 Å². The summed E-state index contributed by atoms with van der Waals surface area (Å²) in [4.78, 5) is 12.8. The molecule has 0 aromatic heterocycles. The molecule has 1 rings (SSSR count). The van der Waals surface area contributed by atoms with E-state index in [4.69, 9.17) is 18.9 Å².